The summed E-state index contributed by atoms with van der Waals surface area (Å²) in [5.74, 6) is -2.21. The summed E-state index contributed by atoms with van der Waals surface area (Å²) in [7, 11) is 0.982. The fourth-order valence-electron chi connectivity index (χ4n) is 2.61. The van der Waals surface area contributed by atoms with Gasteiger partial charge in [-0.1, -0.05) is 30.3 Å². The molecule has 0 amide bonds. The van der Waals surface area contributed by atoms with Crippen LogP contribution in [0.1, 0.15) is 11.5 Å². The number of benzene rings is 1. The normalized spacial score (nSPS) is 27.3. The van der Waals surface area contributed by atoms with Gasteiger partial charge in [0.05, 0.1) is 7.11 Å². The average Bonchev–Trinajstić information content (AvgIpc) is 2.84. The van der Waals surface area contributed by atoms with E-state index < -0.39 is 30.0 Å². The van der Waals surface area contributed by atoms with Crippen LogP contribution in [0, 0.1) is 5.41 Å². The predicted octanol–water partition coefficient (Wildman–Crippen LogP) is 2.10. The van der Waals surface area contributed by atoms with Crippen LogP contribution in [0.25, 0.3) is 0 Å². The first-order valence-electron chi connectivity index (χ1n) is 5.84. The van der Waals surface area contributed by atoms with Crippen molar-refractivity contribution in [3.63, 3.8) is 0 Å². The van der Waals surface area contributed by atoms with Crippen LogP contribution in [0.15, 0.2) is 30.3 Å². The lowest BCUT2D eigenvalue weighted by Gasteiger charge is -2.33. The Bertz CT molecular complexity index is 461. The van der Waals surface area contributed by atoms with Gasteiger partial charge >= 0.3 is 12.1 Å². The van der Waals surface area contributed by atoms with Crippen molar-refractivity contribution in [1.82, 2.24) is 5.32 Å². The Hall–Kier alpha value is -1.56. The Morgan fingerprint density at radius 1 is 1.37 bits per heavy atom. The molecule has 0 unspecified atom stereocenters. The molecule has 1 N–H and O–H groups in total. The first kappa shape index (κ1) is 13.9. The number of nitrogens with one attached hydrogen (secondary N) is 1. The standard InChI is InChI=1S/C13H14F3NO2/c1-19-11(18)12(13(14,15)16)8-17-7-10(12)9-5-3-2-4-6-9/h2-6,10,17H,7-8H2,1H3/t10-,12-/m0/s1. The van der Waals surface area contributed by atoms with Gasteiger partial charge in [0, 0.05) is 19.0 Å². The number of carbonyl (C=O) groups is 1. The SMILES string of the molecule is COC(=O)[C@]1(C(F)(F)F)CNC[C@H]1c1ccccc1. The maximum Gasteiger partial charge on any atom is 0.406 e. The van der Waals surface area contributed by atoms with E-state index in [9.17, 15) is 18.0 Å². The smallest absolute Gasteiger partial charge is 0.406 e. The van der Waals surface area contributed by atoms with Gasteiger partial charge < -0.3 is 10.1 Å². The topological polar surface area (TPSA) is 38.3 Å². The quantitative estimate of drug-likeness (QED) is 0.839. The highest BCUT2D eigenvalue weighted by Crippen LogP contribution is 2.51. The molecular formula is C13H14F3NO2. The summed E-state index contributed by atoms with van der Waals surface area (Å²) in [5, 5.41) is 2.66. The molecule has 1 fully saturated rings. The second-order valence-corrected chi connectivity index (χ2v) is 4.55. The van der Waals surface area contributed by atoms with Crippen LogP contribution in [0.5, 0.6) is 0 Å². The highest BCUT2D eigenvalue weighted by atomic mass is 19.4. The van der Waals surface area contributed by atoms with Crippen molar-refractivity contribution >= 4 is 5.97 Å². The highest BCUT2D eigenvalue weighted by molar-refractivity contribution is 5.80. The molecule has 1 aliphatic heterocycles. The Balaban J connectivity index is 2.51. The van der Waals surface area contributed by atoms with E-state index in [4.69, 9.17) is 0 Å². The van der Waals surface area contributed by atoms with E-state index >= 15 is 0 Å². The summed E-state index contributed by atoms with van der Waals surface area (Å²) < 4.78 is 44.8. The van der Waals surface area contributed by atoms with E-state index in [1.807, 2.05) is 0 Å². The van der Waals surface area contributed by atoms with Gasteiger partial charge in [-0.15, -0.1) is 0 Å². The number of alkyl halides is 3. The fourth-order valence-corrected chi connectivity index (χ4v) is 2.61. The number of hydrogen-bond donors (Lipinski definition) is 1. The van der Waals surface area contributed by atoms with Crippen LogP contribution >= 0.6 is 0 Å². The van der Waals surface area contributed by atoms with Crippen LogP contribution in [0.4, 0.5) is 13.2 Å². The molecule has 1 aliphatic rings. The minimum Gasteiger partial charge on any atom is -0.468 e. The monoisotopic (exact) mass is 273 g/mol. The minimum atomic E-state index is -4.66. The zero-order chi connectivity index (χ0) is 14.1. The average molecular weight is 273 g/mol. The first-order chi connectivity index (χ1) is 8.93. The zero-order valence-corrected chi connectivity index (χ0v) is 10.3. The summed E-state index contributed by atoms with van der Waals surface area (Å²) in [5.41, 5.74) is -2.03. The maximum absolute atomic E-state index is 13.4. The lowest BCUT2D eigenvalue weighted by molar-refractivity contribution is -0.231. The number of rotatable bonds is 2. The molecule has 2 rings (SSSR count). The molecule has 0 bridgehead atoms. The number of halogens is 3. The molecule has 0 aliphatic carbocycles. The van der Waals surface area contributed by atoms with E-state index in [0.29, 0.717) is 5.56 Å². The van der Waals surface area contributed by atoms with E-state index in [1.165, 1.54) is 0 Å². The Morgan fingerprint density at radius 3 is 2.53 bits per heavy atom. The van der Waals surface area contributed by atoms with Crippen molar-refractivity contribution in [3.8, 4) is 0 Å². The van der Waals surface area contributed by atoms with Crippen LogP contribution in [0.3, 0.4) is 0 Å². The molecule has 0 radical (unpaired) electrons. The van der Waals surface area contributed by atoms with Crippen molar-refractivity contribution in [2.45, 2.75) is 12.1 Å². The fraction of sp³-hybridized carbons (Fsp3) is 0.462. The summed E-state index contributed by atoms with van der Waals surface area (Å²) in [6, 6.07) is 8.24. The molecule has 2 atom stereocenters. The molecule has 1 aromatic rings. The zero-order valence-electron chi connectivity index (χ0n) is 10.3. The van der Waals surface area contributed by atoms with Crippen LogP contribution in [-0.4, -0.2) is 32.3 Å². The summed E-state index contributed by atoms with van der Waals surface area (Å²) in [4.78, 5) is 11.8. The van der Waals surface area contributed by atoms with Crippen molar-refractivity contribution in [1.29, 1.82) is 0 Å². The van der Waals surface area contributed by atoms with Crippen molar-refractivity contribution in [3.05, 3.63) is 35.9 Å². The Morgan fingerprint density at radius 2 is 2.00 bits per heavy atom. The number of esters is 1. The van der Waals surface area contributed by atoms with Gasteiger partial charge in [0.15, 0.2) is 5.41 Å². The summed E-state index contributed by atoms with van der Waals surface area (Å²) >= 11 is 0. The molecule has 0 spiro atoms. The molecule has 0 saturated carbocycles. The van der Waals surface area contributed by atoms with Gasteiger partial charge in [0.25, 0.3) is 0 Å². The lowest BCUT2D eigenvalue weighted by Crippen LogP contribution is -2.50. The van der Waals surface area contributed by atoms with Crippen molar-refractivity contribution in [2.24, 2.45) is 5.41 Å². The van der Waals surface area contributed by atoms with Crippen molar-refractivity contribution in [2.75, 3.05) is 20.2 Å². The molecule has 19 heavy (non-hydrogen) atoms. The number of carbonyl (C=O) groups excluding carboxylic acids is 1. The van der Waals surface area contributed by atoms with Gasteiger partial charge in [0.2, 0.25) is 0 Å². The van der Waals surface area contributed by atoms with Gasteiger partial charge in [-0.2, -0.15) is 13.2 Å². The molecule has 6 heteroatoms. The van der Waals surface area contributed by atoms with Gasteiger partial charge in [-0.05, 0) is 5.56 Å². The van der Waals surface area contributed by atoms with Gasteiger partial charge in [-0.3, -0.25) is 4.79 Å². The highest BCUT2D eigenvalue weighted by Gasteiger charge is 2.67. The van der Waals surface area contributed by atoms with Crippen LogP contribution in [-0.2, 0) is 9.53 Å². The lowest BCUT2D eigenvalue weighted by atomic mass is 9.73. The molecule has 1 heterocycles. The molecule has 1 saturated heterocycles. The Labute approximate surface area is 108 Å². The second kappa shape index (κ2) is 4.85. The molecule has 0 aromatic heterocycles. The molecule has 3 nitrogen and oxygen atoms in total. The molecular weight excluding hydrogens is 259 g/mol. The van der Waals surface area contributed by atoms with E-state index in [-0.39, 0.29) is 6.54 Å². The van der Waals surface area contributed by atoms with Gasteiger partial charge in [-0.25, -0.2) is 0 Å². The summed E-state index contributed by atoms with van der Waals surface area (Å²) in [6.07, 6.45) is -4.66. The maximum atomic E-state index is 13.4. The number of methoxy groups -OCH3 is 1. The third-order valence-electron chi connectivity index (χ3n) is 3.60. The number of hydrogen-bond acceptors (Lipinski definition) is 3. The first-order valence-corrected chi connectivity index (χ1v) is 5.84. The second-order valence-electron chi connectivity index (χ2n) is 4.55. The van der Waals surface area contributed by atoms with Gasteiger partial charge in [0.1, 0.15) is 0 Å². The summed E-state index contributed by atoms with van der Waals surface area (Å²) in [6.45, 7) is -0.360. The van der Waals surface area contributed by atoms with Crippen LogP contribution in [0.2, 0.25) is 0 Å². The predicted molar refractivity (Wildman–Crippen MR) is 62.6 cm³/mol. The third kappa shape index (κ3) is 2.10. The largest absolute Gasteiger partial charge is 0.468 e. The van der Waals surface area contributed by atoms with E-state index in [2.05, 4.69) is 10.1 Å². The van der Waals surface area contributed by atoms with E-state index in [0.717, 1.165) is 7.11 Å². The van der Waals surface area contributed by atoms with Crippen LogP contribution < -0.4 is 5.32 Å². The minimum absolute atomic E-state index is 0.0959. The Kier molecular flexibility index (Phi) is 3.54. The third-order valence-corrected chi connectivity index (χ3v) is 3.60. The molecule has 1 aromatic carbocycles. The molecule has 104 valence electrons. The van der Waals surface area contributed by atoms with Crippen molar-refractivity contribution < 1.29 is 22.7 Å². The van der Waals surface area contributed by atoms with E-state index in [1.54, 1.807) is 30.3 Å². The number of ether oxygens (including phenoxy) is 1.